The molecular weight excluding hydrogens is 214 g/mol. The number of carbonyl (C=O) groups excluding carboxylic acids is 1. The fourth-order valence-electron chi connectivity index (χ4n) is 2.50. The van der Waals surface area contributed by atoms with E-state index in [9.17, 15) is 4.79 Å². The lowest BCUT2D eigenvalue weighted by atomic mass is 10.1. The van der Waals surface area contributed by atoms with Gasteiger partial charge in [-0.3, -0.25) is 9.48 Å². The fraction of sp³-hybridized carbons (Fsp3) is 0.692. The molecule has 0 aromatic carbocycles. The standard InChI is InChI=1S/C13H21N3O/c1-7-6-11(7)13(17)14-8(2)12-9(3)15-16(5)10(12)4/h7-8,11H,6H2,1-5H3,(H,14,17)/t7-,8-,11+/m0/s1. The summed E-state index contributed by atoms with van der Waals surface area (Å²) >= 11 is 0. The van der Waals surface area contributed by atoms with Gasteiger partial charge < -0.3 is 5.32 Å². The van der Waals surface area contributed by atoms with Crippen molar-refractivity contribution in [3.63, 3.8) is 0 Å². The highest BCUT2D eigenvalue weighted by molar-refractivity contribution is 5.81. The van der Waals surface area contributed by atoms with Crippen LogP contribution in [0.1, 0.15) is 43.3 Å². The van der Waals surface area contributed by atoms with Crippen molar-refractivity contribution in [2.75, 3.05) is 0 Å². The number of rotatable bonds is 3. The summed E-state index contributed by atoms with van der Waals surface area (Å²) < 4.78 is 1.87. The normalized spacial score (nSPS) is 24.5. The molecule has 1 amide bonds. The van der Waals surface area contributed by atoms with Gasteiger partial charge in [0, 0.05) is 24.2 Å². The molecule has 0 saturated heterocycles. The van der Waals surface area contributed by atoms with E-state index in [1.165, 1.54) is 0 Å². The van der Waals surface area contributed by atoms with E-state index < -0.39 is 0 Å². The summed E-state index contributed by atoms with van der Waals surface area (Å²) in [6, 6.07) is 0.0454. The monoisotopic (exact) mass is 235 g/mol. The van der Waals surface area contributed by atoms with E-state index in [1.54, 1.807) is 0 Å². The second kappa shape index (κ2) is 4.17. The highest BCUT2D eigenvalue weighted by Crippen LogP contribution is 2.38. The molecule has 4 nitrogen and oxygen atoms in total. The highest BCUT2D eigenvalue weighted by Gasteiger charge is 2.39. The quantitative estimate of drug-likeness (QED) is 0.869. The van der Waals surface area contributed by atoms with Gasteiger partial charge in [0.05, 0.1) is 11.7 Å². The van der Waals surface area contributed by atoms with Crippen LogP contribution in [0.3, 0.4) is 0 Å². The van der Waals surface area contributed by atoms with Crippen molar-refractivity contribution in [3.8, 4) is 0 Å². The lowest BCUT2D eigenvalue weighted by Crippen LogP contribution is -2.29. The van der Waals surface area contributed by atoms with Crippen molar-refractivity contribution in [2.24, 2.45) is 18.9 Å². The predicted molar refractivity (Wildman–Crippen MR) is 66.5 cm³/mol. The highest BCUT2D eigenvalue weighted by atomic mass is 16.2. The summed E-state index contributed by atoms with van der Waals surface area (Å²) in [6.07, 6.45) is 1.03. The molecular formula is C13H21N3O. The summed E-state index contributed by atoms with van der Waals surface area (Å²) in [4.78, 5) is 11.9. The van der Waals surface area contributed by atoms with E-state index in [-0.39, 0.29) is 17.9 Å². The fourth-order valence-corrected chi connectivity index (χ4v) is 2.50. The third-order valence-electron chi connectivity index (χ3n) is 3.80. The zero-order valence-corrected chi connectivity index (χ0v) is 11.2. The van der Waals surface area contributed by atoms with Gasteiger partial charge >= 0.3 is 0 Å². The van der Waals surface area contributed by atoms with Crippen LogP contribution in [-0.2, 0) is 11.8 Å². The lowest BCUT2D eigenvalue weighted by Gasteiger charge is -2.14. The zero-order chi connectivity index (χ0) is 12.7. The number of nitrogens with one attached hydrogen (secondary N) is 1. The van der Waals surface area contributed by atoms with Crippen LogP contribution in [0.4, 0.5) is 0 Å². The van der Waals surface area contributed by atoms with Gasteiger partial charge in [0.15, 0.2) is 0 Å². The van der Waals surface area contributed by atoms with Crippen LogP contribution in [0.15, 0.2) is 0 Å². The number of nitrogens with zero attached hydrogens (tertiary/aromatic N) is 2. The number of aryl methyl sites for hydroxylation is 2. The molecule has 3 atom stereocenters. The molecule has 94 valence electrons. The predicted octanol–water partition coefficient (Wildman–Crippen LogP) is 1.87. The maximum absolute atomic E-state index is 11.9. The largest absolute Gasteiger partial charge is 0.349 e. The Labute approximate surface area is 102 Å². The third kappa shape index (κ3) is 2.21. The van der Waals surface area contributed by atoms with Crippen LogP contribution < -0.4 is 5.32 Å². The van der Waals surface area contributed by atoms with Crippen LogP contribution >= 0.6 is 0 Å². The Hall–Kier alpha value is -1.32. The van der Waals surface area contributed by atoms with Crippen LogP contribution in [0, 0.1) is 25.7 Å². The minimum absolute atomic E-state index is 0.0454. The topological polar surface area (TPSA) is 46.9 Å². The molecule has 0 radical (unpaired) electrons. The van der Waals surface area contributed by atoms with Crippen molar-refractivity contribution in [1.29, 1.82) is 0 Å². The summed E-state index contributed by atoms with van der Waals surface area (Å²) in [7, 11) is 1.93. The Morgan fingerprint density at radius 1 is 1.53 bits per heavy atom. The molecule has 4 heteroatoms. The van der Waals surface area contributed by atoms with E-state index in [1.807, 2.05) is 32.5 Å². The molecule has 1 fully saturated rings. The van der Waals surface area contributed by atoms with Gasteiger partial charge in [-0.1, -0.05) is 6.92 Å². The van der Waals surface area contributed by atoms with Gasteiger partial charge in [-0.05, 0) is 33.1 Å². The van der Waals surface area contributed by atoms with Crippen molar-refractivity contribution < 1.29 is 4.79 Å². The van der Waals surface area contributed by atoms with Crippen LogP contribution in [0.5, 0.6) is 0 Å². The molecule has 17 heavy (non-hydrogen) atoms. The average Bonchev–Trinajstić information content (AvgIpc) is 2.89. The van der Waals surface area contributed by atoms with Gasteiger partial charge in [0.1, 0.15) is 0 Å². The average molecular weight is 235 g/mol. The van der Waals surface area contributed by atoms with Crippen LogP contribution in [0.2, 0.25) is 0 Å². The molecule has 0 spiro atoms. The number of aromatic nitrogens is 2. The van der Waals surface area contributed by atoms with Gasteiger partial charge in [-0.15, -0.1) is 0 Å². The molecule has 1 aliphatic carbocycles. The second-order valence-corrected chi connectivity index (χ2v) is 5.26. The third-order valence-corrected chi connectivity index (χ3v) is 3.80. The van der Waals surface area contributed by atoms with Crippen molar-refractivity contribution in [1.82, 2.24) is 15.1 Å². The minimum Gasteiger partial charge on any atom is -0.349 e. The van der Waals surface area contributed by atoms with Crippen molar-refractivity contribution in [3.05, 3.63) is 17.0 Å². The van der Waals surface area contributed by atoms with Crippen LogP contribution in [-0.4, -0.2) is 15.7 Å². The van der Waals surface area contributed by atoms with Crippen molar-refractivity contribution >= 4 is 5.91 Å². The molecule has 2 rings (SSSR count). The zero-order valence-electron chi connectivity index (χ0n) is 11.2. The molecule has 1 N–H and O–H groups in total. The number of amides is 1. The van der Waals surface area contributed by atoms with Crippen molar-refractivity contribution in [2.45, 2.75) is 40.2 Å². The Balaban J connectivity index is 2.09. The number of hydrogen-bond donors (Lipinski definition) is 1. The molecule has 1 saturated carbocycles. The first-order valence-electron chi connectivity index (χ1n) is 6.22. The SMILES string of the molecule is Cc1nn(C)c(C)c1[C@H](C)NC(=O)[C@@H]1C[C@@H]1C. The molecule has 0 unspecified atom stereocenters. The smallest absolute Gasteiger partial charge is 0.223 e. The maximum Gasteiger partial charge on any atom is 0.223 e. The second-order valence-electron chi connectivity index (χ2n) is 5.26. The molecule has 0 aliphatic heterocycles. The molecule has 1 aromatic heterocycles. The summed E-state index contributed by atoms with van der Waals surface area (Å²) in [5.74, 6) is 0.973. The van der Waals surface area contributed by atoms with Gasteiger partial charge in [0.2, 0.25) is 5.91 Å². The molecule has 1 heterocycles. The number of carbonyl (C=O) groups is 1. The molecule has 0 bridgehead atoms. The lowest BCUT2D eigenvalue weighted by molar-refractivity contribution is -0.123. The first kappa shape index (κ1) is 12.1. The summed E-state index contributed by atoms with van der Waals surface area (Å²) in [5.41, 5.74) is 3.27. The van der Waals surface area contributed by atoms with E-state index in [0.717, 1.165) is 23.4 Å². The Morgan fingerprint density at radius 2 is 2.12 bits per heavy atom. The summed E-state index contributed by atoms with van der Waals surface area (Å²) in [6.45, 7) is 8.18. The van der Waals surface area contributed by atoms with E-state index in [4.69, 9.17) is 0 Å². The molecule has 1 aromatic rings. The van der Waals surface area contributed by atoms with Crippen LogP contribution in [0.25, 0.3) is 0 Å². The first-order valence-corrected chi connectivity index (χ1v) is 6.22. The van der Waals surface area contributed by atoms with Gasteiger partial charge in [-0.2, -0.15) is 5.10 Å². The van der Waals surface area contributed by atoms with Gasteiger partial charge in [0.25, 0.3) is 0 Å². The Kier molecular flexibility index (Phi) is 2.98. The first-order chi connectivity index (χ1) is 7.91. The minimum atomic E-state index is 0.0454. The Bertz CT molecular complexity index is 450. The summed E-state index contributed by atoms with van der Waals surface area (Å²) in [5, 5.41) is 7.47. The van der Waals surface area contributed by atoms with E-state index >= 15 is 0 Å². The van der Waals surface area contributed by atoms with Gasteiger partial charge in [-0.25, -0.2) is 0 Å². The number of hydrogen-bond acceptors (Lipinski definition) is 2. The van der Waals surface area contributed by atoms with E-state index in [0.29, 0.717) is 5.92 Å². The Morgan fingerprint density at radius 3 is 2.53 bits per heavy atom. The molecule has 1 aliphatic rings. The maximum atomic E-state index is 11.9. The van der Waals surface area contributed by atoms with E-state index in [2.05, 4.69) is 17.3 Å².